The summed E-state index contributed by atoms with van der Waals surface area (Å²) >= 11 is 6.81. The van der Waals surface area contributed by atoms with Gasteiger partial charge in [0.05, 0.1) is 4.90 Å². The molecule has 0 aliphatic heterocycles. The molecule has 3 nitrogen and oxygen atoms in total. The quantitative estimate of drug-likeness (QED) is 0.329. The van der Waals surface area contributed by atoms with Crippen molar-refractivity contribution in [1.82, 2.24) is 0 Å². The lowest BCUT2D eigenvalue weighted by molar-refractivity contribution is 0.482. The van der Waals surface area contributed by atoms with Gasteiger partial charge in [-0.1, -0.05) is 12.1 Å². The van der Waals surface area contributed by atoms with Gasteiger partial charge in [-0.15, -0.1) is 0 Å². The highest BCUT2D eigenvalue weighted by atomic mass is 127. The van der Waals surface area contributed by atoms with Gasteiger partial charge in [-0.3, -0.25) is 4.55 Å². The number of hydrogen-bond donors (Lipinski definition) is 1. The van der Waals surface area contributed by atoms with E-state index >= 15 is 0 Å². The maximum absolute atomic E-state index is 11.2. The molecule has 16 heavy (non-hydrogen) atoms. The molecule has 0 aliphatic carbocycles. The Morgan fingerprint density at radius 2 is 1.50 bits per heavy atom. The second-order valence-electron chi connectivity index (χ2n) is 3.41. The Bertz CT molecular complexity index is 494. The number of aryl methyl sites for hydroxylation is 2. The highest BCUT2D eigenvalue weighted by Crippen LogP contribution is 2.47. The second kappa shape index (κ2) is 5.13. The molecule has 0 saturated carbocycles. The molecule has 1 N–H and O–H groups in total. The van der Waals surface area contributed by atoms with E-state index in [1.54, 1.807) is 26.0 Å². The summed E-state index contributed by atoms with van der Waals surface area (Å²) in [6, 6.07) is 3.59. The molecule has 0 bridgehead atoms. The SMILES string of the molecule is Cc1cc(C(I)(I)I)cc(C)c1S(=O)(=O)O. The van der Waals surface area contributed by atoms with Crippen LogP contribution in [0.2, 0.25) is 0 Å². The minimum absolute atomic E-state index is 0.0182. The fourth-order valence-corrected chi connectivity index (χ4v) is 3.39. The van der Waals surface area contributed by atoms with Crippen molar-refractivity contribution in [2.45, 2.75) is 18.2 Å². The molecule has 0 radical (unpaired) electrons. The van der Waals surface area contributed by atoms with E-state index in [0.29, 0.717) is 11.1 Å². The van der Waals surface area contributed by atoms with Gasteiger partial charge in [0.1, 0.15) is -0.565 Å². The smallest absolute Gasteiger partial charge is 0.282 e. The third-order valence-electron chi connectivity index (χ3n) is 2.05. The molecule has 0 fully saturated rings. The summed E-state index contributed by atoms with van der Waals surface area (Å²) in [7, 11) is -4.13. The van der Waals surface area contributed by atoms with Gasteiger partial charge in [-0.2, -0.15) is 8.42 Å². The van der Waals surface area contributed by atoms with Crippen molar-refractivity contribution in [2.24, 2.45) is 0 Å². The zero-order valence-electron chi connectivity index (χ0n) is 8.46. The van der Waals surface area contributed by atoms with Gasteiger partial charge < -0.3 is 0 Å². The summed E-state index contributed by atoms with van der Waals surface area (Å²) in [6.45, 7) is 3.38. The zero-order valence-corrected chi connectivity index (χ0v) is 15.7. The molecule has 7 heteroatoms. The van der Waals surface area contributed by atoms with Crippen LogP contribution < -0.4 is 0 Å². The molecule has 0 heterocycles. The van der Waals surface area contributed by atoms with Crippen LogP contribution in [0.4, 0.5) is 0 Å². The van der Waals surface area contributed by atoms with Crippen molar-refractivity contribution in [1.29, 1.82) is 0 Å². The fraction of sp³-hybridized carbons (Fsp3) is 0.333. The molecular formula is C9H9I3O3S. The summed E-state index contributed by atoms with van der Waals surface area (Å²) in [5.74, 6) is 0. The summed E-state index contributed by atoms with van der Waals surface area (Å²) in [4.78, 5) is 0.0182. The molecular weight excluding hydrogens is 569 g/mol. The maximum Gasteiger partial charge on any atom is 0.295 e. The predicted molar refractivity (Wildman–Crippen MR) is 89.5 cm³/mol. The first kappa shape index (κ1) is 15.4. The van der Waals surface area contributed by atoms with Gasteiger partial charge in [0.2, 0.25) is 0 Å². The Morgan fingerprint density at radius 3 is 1.75 bits per heavy atom. The van der Waals surface area contributed by atoms with E-state index in [4.69, 9.17) is 4.55 Å². The van der Waals surface area contributed by atoms with Gasteiger partial charge in [-0.25, -0.2) is 0 Å². The Kier molecular flexibility index (Phi) is 4.93. The lowest BCUT2D eigenvalue weighted by Gasteiger charge is -2.16. The van der Waals surface area contributed by atoms with E-state index in [0.717, 1.165) is 5.56 Å². The lowest BCUT2D eigenvalue weighted by Crippen LogP contribution is -2.07. The molecule has 0 atom stereocenters. The second-order valence-corrected chi connectivity index (χ2v) is 15.8. The first-order valence-corrected chi connectivity index (χ1v) is 8.87. The fourth-order valence-electron chi connectivity index (χ4n) is 1.52. The summed E-state index contributed by atoms with van der Waals surface area (Å²) in [5, 5.41) is 0. The van der Waals surface area contributed by atoms with Gasteiger partial charge in [0.15, 0.2) is 0 Å². The molecule has 1 aromatic rings. The van der Waals surface area contributed by atoms with Gasteiger partial charge in [-0.05, 0) is 98.3 Å². The van der Waals surface area contributed by atoms with Crippen LogP contribution in [0.15, 0.2) is 17.0 Å². The largest absolute Gasteiger partial charge is 0.295 e. The van der Waals surface area contributed by atoms with Crippen LogP contribution in [0, 0.1) is 13.8 Å². The Hall–Kier alpha value is 1.32. The van der Waals surface area contributed by atoms with Crippen LogP contribution in [0.1, 0.15) is 16.7 Å². The molecule has 0 spiro atoms. The first-order valence-electron chi connectivity index (χ1n) is 4.19. The Labute approximate surface area is 136 Å². The van der Waals surface area contributed by atoms with Crippen molar-refractivity contribution in [3.63, 3.8) is 0 Å². The summed E-state index contributed by atoms with van der Waals surface area (Å²) in [5.41, 5.74) is 2.18. The molecule has 1 rings (SSSR count). The van der Waals surface area contributed by atoms with Crippen LogP contribution in [0.3, 0.4) is 0 Å². The molecule has 0 aliphatic rings. The number of halogens is 3. The first-order chi connectivity index (χ1) is 7.03. The average molecular weight is 578 g/mol. The lowest BCUT2D eigenvalue weighted by atomic mass is 10.1. The van der Waals surface area contributed by atoms with Gasteiger partial charge >= 0.3 is 0 Å². The minimum Gasteiger partial charge on any atom is -0.282 e. The van der Waals surface area contributed by atoms with E-state index in [1.165, 1.54) is 0 Å². The van der Waals surface area contributed by atoms with E-state index < -0.39 is 10.1 Å². The normalized spacial score (nSPS) is 12.9. The van der Waals surface area contributed by atoms with Gasteiger partial charge in [0, 0.05) is 0 Å². The van der Waals surface area contributed by atoms with E-state index in [-0.39, 0.29) is 4.33 Å². The van der Waals surface area contributed by atoms with E-state index in [1.807, 2.05) is 0 Å². The van der Waals surface area contributed by atoms with E-state index in [2.05, 4.69) is 67.8 Å². The van der Waals surface area contributed by atoms with Crippen LogP contribution in [0.25, 0.3) is 0 Å². The monoisotopic (exact) mass is 578 g/mol. The standard InChI is InChI=1S/C9H9I3O3S/c1-5-3-7(9(10,11)12)4-6(2)8(5)16(13,14)15/h3-4H,1-2H3,(H,13,14,15). The molecule has 0 amide bonds. The third-order valence-corrected chi connectivity index (χ3v) is 5.07. The number of rotatable bonds is 2. The number of hydrogen-bond acceptors (Lipinski definition) is 2. The van der Waals surface area contributed by atoms with Crippen LogP contribution >= 0.6 is 67.8 Å². The summed E-state index contributed by atoms with van der Waals surface area (Å²) in [6.07, 6.45) is 0. The zero-order chi connectivity index (χ0) is 12.7. The highest BCUT2D eigenvalue weighted by Gasteiger charge is 2.24. The number of alkyl halides is 3. The average Bonchev–Trinajstić information content (AvgIpc) is 1.97. The minimum atomic E-state index is -4.13. The van der Waals surface area contributed by atoms with Crippen molar-refractivity contribution in [3.8, 4) is 0 Å². The van der Waals surface area contributed by atoms with Gasteiger partial charge in [0.25, 0.3) is 10.1 Å². The third kappa shape index (κ3) is 3.65. The van der Waals surface area contributed by atoms with Crippen LogP contribution in [-0.4, -0.2) is 13.0 Å². The molecule has 1 aromatic carbocycles. The van der Waals surface area contributed by atoms with Crippen molar-refractivity contribution >= 4 is 77.9 Å². The number of benzene rings is 1. The molecule has 0 unspecified atom stereocenters. The van der Waals surface area contributed by atoms with Crippen LogP contribution in [-0.2, 0) is 9.55 Å². The van der Waals surface area contributed by atoms with Crippen molar-refractivity contribution < 1.29 is 13.0 Å². The Morgan fingerprint density at radius 1 is 1.12 bits per heavy atom. The van der Waals surface area contributed by atoms with Crippen molar-refractivity contribution in [2.75, 3.05) is 0 Å². The molecule has 90 valence electrons. The maximum atomic E-state index is 11.2. The van der Waals surface area contributed by atoms with E-state index in [9.17, 15) is 8.42 Å². The van der Waals surface area contributed by atoms with Crippen LogP contribution in [0.5, 0.6) is 0 Å². The topological polar surface area (TPSA) is 54.4 Å². The summed E-state index contributed by atoms with van der Waals surface area (Å²) < 4.78 is 31.4. The van der Waals surface area contributed by atoms with Crippen molar-refractivity contribution in [3.05, 3.63) is 28.8 Å². The molecule has 0 saturated heterocycles. The molecule has 0 aromatic heterocycles. The predicted octanol–water partition coefficient (Wildman–Crippen LogP) is 3.97. The Balaban J connectivity index is 3.53. The highest BCUT2D eigenvalue weighted by molar-refractivity contribution is 14.3.